The topological polar surface area (TPSA) is 29.0 Å². The van der Waals surface area contributed by atoms with E-state index in [0.29, 0.717) is 12.0 Å². The van der Waals surface area contributed by atoms with Crippen molar-refractivity contribution >= 4 is 5.84 Å². The molecule has 0 aromatic heterocycles. The molecule has 56 valence electrons. The first-order valence-corrected chi connectivity index (χ1v) is 3.66. The van der Waals surface area contributed by atoms with E-state index >= 15 is 0 Å². The second-order valence-corrected chi connectivity index (χ2v) is 2.99. The first kappa shape index (κ1) is 7.32. The zero-order valence-corrected chi connectivity index (χ0v) is 6.83. The highest BCUT2D eigenvalue weighted by Gasteiger charge is 2.20. The van der Waals surface area contributed by atoms with Crippen LogP contribution in [0.15, 0.2) is 12.2 Å². The SMILES string of the molecule is CC1C=CC(N)=[N+](C)C1C. The smallest absolute Gasteiger partial charge is 0.267 e. The first-order chi connectivity index (χ1) is 4.63. The molecule has 0 fully saturated rings. The van der Waals surface area contributed by atoms with Crippen LogP contribution in [-0.2, 0) is 0 Å². The maximum atomic E-state index is 5.69. The van der Waals surface area contributed by atoms with Crippen molar-refractivity contribution in [1.29, 1.82) is 0 Å². The molecule has 0 radical (unpaired) electrons. The van der Waals surface area contributed by atoms with Gasteiger partial charge in [-0.25, -0.2) is 0 Å². The third-order valence-electron chi connectivity index (χ3n) is 2.35. The second-order valence-electron chi connectivity index (χ2n) is 2.99. The molecule has 0 amide bonds. The monoisotopic (exact) mass is 139 g/mol. The standard InChI is InChI=1S/C8H14N2/c1-6-4-5-8(9)10(3)7(6)2/h4-7,9H,1-3H3/p+1. The van der Waals surface area contributed by atoms with Crippen LogP contribution >= 0.6 is 0 Å². The summed E-state index contributed by atoms with van der Waals surface area (Å²) in [6.07, 6.45) is 4.13. The first-order valence-electron chi connectivity index (χ1n) is 3.66. The Morgan fingerprint density at radius 1 is 1.50 bits per heavy atom. The van der Waals surface area contributed by atoms with Gasteiger partial charge in [-0.2, -0.15) is 0 Å². The van der Waals surface area contributed by atoms with Gasteiger partial charge >= 0.3 is 0 Å². The van der Waals surface area contributed by atoms with Crippen LogP contribution in [0, 0.1) is 5.92 Å². The Labute approximate surface area is 62.0 Å². The zero-order chi connectivity index (χ0) is 7.72. The molecule has 0 bridgehead atoms. The van der Waals surface area contributed by atoms with Crippen molar-refractivity contribution in [3.8, 4) is 0 Å². The van der Waals surface area contributed by atoms with E-state index in [1.54, 1.807) is 0 Å². The summed E-state index contributed by atoms with van der Waals surface area (Å²) in [5.74, 6) is 1.47. The highest BCUT2D eigenvalue weighted by molar-refractivity contribution is 5.87. The Bertz CT molecular complexity index is 191. The lowest BCUT2D eigenvalue weighted by Crippen LogP contribution is -2.37. The summed E-state index contributed by atoms with van der Waals surface area (Å²) in [5.41, 5.74) is 5.69. The normalized spacial score (nSPS) is 33.1. The molecule has 1 rings (SSSR count). The molecule has 0 aliphatic carbocycles. The lowest BCUT2D eigenvalue weighted by Gasteiger charge is -2.20. The van der Waals surface area contributed by atoms with E-state index in [0.717, 1.165) is 5.84 Å². The Morgan fingerprint density at radius 3 is 2.60 bits per heavy atom. The molecule has 2 heteroatoms. The third-order valence-corrected chi connectivity index (χ3v) is 2.35. The molecule has 2 atom stereocenters. The lowest BCUT2D eigenvalue weighted by atomic mass is 10.0. The molecule has 0 spiro atoms. The molecule has 1 aliphatic rings. The third kappa shape index (κ3) is 1.06. The highest BCUT2D eigenvalue weighted by atomic mass is 15.1. The molecule has 10 heavy (non-hydrogen) atoms. The maximum Gasteiger partial charge on any atom is 0.267 e. The van der Waals surface area contributed by atoms with E-state index in [9.17, 15) is 0 Å². The molecule has 0 saturated carbocycles. The molecule has 2 nitrogen and oxygen atoms in total. The minimum atomic E-state index is 0.532. The fraction of sp³-hybridized carbons (Fsp3) is 0.625. The second kappa shape index (κ2) is 2.45. The summed E-state index contributed by atoms with van der Waals surface area (Å²) in [6, 6.07) is 0.532. The van der Waals surface area contributed by atoms with Gasteiger partial charge in [0.15, 0.2) is 0 Å². The molecule has 0 aromatic carbocycles. The summed E-state index contributed by atoms with van der Waals surface area (Å²) in [6.45, 7) is 4.38. The van der Waals surface area contributed by atoms with Crippen LogP contribution in [0.25, 0.3) is 0 Å². The van der Waals surface area contributed by atoms with Gasteiger partial charge < -0.3 is 0 Å². The van der Waals surface area contributed by atoms with Gasteiger partial charge in [-0.3, -0.25) is 10.3 Å². The van der Waals surface area contributed by atoms with Gasteiger partial charge in [0.2, 0.25) is 0 Å². The molecule has 1 heterocycles. The van der Waals surface area contributed by atoms with Gasteiger partial charge in [0.25, 0.3) is 5.84 Å². The summed E-state index contributed by atoms with van der Waals surface area (Å²) < 4.78 is 2.10. The number of nitrogens with zero attached hydrogens (tertiary/aromatic N) is 1. The van der Waals surface area contributed by atoms with E-state index in [1.165, 1.54) is 0 Å². The lowest BCUT2D eigenvalue weighted by molar-refractivity contribution is -0.542. The fourth-order valence-corrected chi connectivity index (χ4v) is 1.12. The van der Waals surface area contributed by atoms with E-state index in [1.807, 2.05) is 13.1 Å². The van der Waals surface area contributed by atoms with E-state index < -0.39 is 0 Å². The van der Waals surface area contributed by atoms with Gasteiger partial charge in [-0.15, -0.1) is 0 Å². The molecular formula is C8H15N2+. The number of hydrogen-bond donors (Lipinski definition) is 1. The summed E-state index contributed by atoms with van der Waals surface area (Å²) >= 11 is 0. The number of hydrogen-bond acceptors (Lipinski definition) is 1. The number of rotatable bonds is 0. The van der Waals surface area contributed by atoms with Crippen molar-refractivity contribution in [3.05, 3.63) is 12.2 Å². The van der Waals surface area contributed by atoms with Crippen LogP contribution in [0.4, 0.5) is 0 Å². The predicted molar refractivity (Wildman–Crippen MR) is 43.1 cm³/mol. The van der Waals surface area contributed by atoms with Gasteiger partial charge in [0.05, 0.1) is 13.1 Å². The average Bonchev–Trinajstić information content (AvgIpc) is 1.93. The molecular weight excluding hydrogens is 124 g/mol. The molecule has 2 N–H and O–H groups in total. The Balaban J connectivity index is 2.88. The fourth-order valence-electron chi connectivity index (χ4n) is 1.12. The zero-order valence-electron chi connectivity index (χ0n) is 6.83. The minimum Gasteiger partial charge on any atom is -0.287 e. The average molecular weight is 139 g/mol. The van der Waals surface area contributed by atoms with E-state index in [4.69, 9.17) is 5.73 Å². The van der Waals surface area contributed by atoms with Crippen molar-refractivity contribution in [2.45, 2.75) is 19.9 Å². The van der Waals surface area contributed by atoms with Crippen LogP contribution in [0.2, 0.25) is 0 Å². The minimum absolute atomic E-state index is 0.532. The Kier molecular flexibility index (Phi) is 1.79. The Morgan fingerprint density at radius 2 is 2.10 bits per heavy atom. The maximum absolute atomic E-state index is 5.69. The van der Waals surface area contributed by atoms with Gasteiger partial charge in [-0.05, 0) is 6.92 Å². The van der Waals surface area contributed by atoms with Crippen LogP contribution in [0.5, 0.6) is 0 Å². The van der Waals surface area contributed by atoms with Crippen LogP contribution in [0.3, 0.4) is 0 Å². The molecule has 0 aromatic rings. The van der Waals surface area contributed by atoms with Crippen molar-refractivity contribution in [1.82, 2.24) is 0 Å². The number of amidine groups is 1. The largest absolute Gasteiger partial charge is 0.287 e. The van der Waals surface area contributed by atoms with Gasteiger partial charge in [0, 0.05) is 12.0 Å². The summed E-state index contributed by atoms with van der Waals surface area (Å²) in [4.78, 5) is 0. The number of nitrogens with two attached hydrogens (primary N) is 1. The molecule has 2 unspecified atom stereocenters. The van der Waals surface area contributed by atoms with Gasteiger partial charge in [0.1, 0.15) is 0 Å². The van der Waals surface area contributed by atoms with Gasteiger partial charge in [-0.1, -0.05) is 13.0 Å². The summed E-state index contributed by atoms with van der Waals surface area (Å²) in [5, 5.41) is 0. The van der Waals surface area contributed by atoms with Crippen molar-refractivity contribution in [2.75, 3.05) is 7.05 Å². The van der Waals surface area contributed by atoms with Crippen LogP contribution in [-0.4, -0.2) is 23.5 Å². The van der Waals surface area contributed by atoms with Crippen molar-refractivity contribution < 1.29 is 4.58 Å². The quantitative estimate of drug-likeness (QED) is 0.489. The van der Waals surface area contributed by atoms with Crippen LogP contribution < -0.4 is 5.73 Å². The molecule has 0 saturated heterocycles. The predicted octanol–water partition coefficient (Wildman–Crippen LogP) is 0.580. The van der Waals surface area contributed by atoms with Crippen molar-refractivity contribution in [3.63, 3.8) is 0 Å². The van der Waals surface area contributed by atoms with Crippen LogP contribution in [0.1, 0.15) is 13.8 Å². The van der Waals surface area contributed by atoms with E-state index in [-0.39, 0.29) is 0 Å². The van der Waals surface area contributed by atoms with Crippen molar-refractivity contribution in [2.24, 2.45) is 11.7 Å². The van der Waals surface area contributed by atoms with E-state index in [2.05, 4.69) is 24.5 Å². The highest BCUT2D eigenvalue weighted by Crippen LogP contribution is 2.10. The molecule has 1 aliphatic heterocycles. The Hall–Kier alpha value is -0.790. The summed E-state index contributed by atoms with van der Waals surface area (Å²) in [7, 11) is 2.03.